The van der Waals surface area contributed by atoms with E-state index in [2.05, 4.69) is 39.6 Å². The fraction of sp³-hybridized carbons (Fsp3) is 0.667. The number of nitrogens with zero attached hydrogens (tertiary/aromatic N) is 3. The van der Waals surface area contributed by atoms with Crippen LogP contribution in [-0.2, 0) is 16.1 Å². The van der Waals surface area contributed by atoms with E-state index < -0.39 is 0 Å². The summed E-state index contributed by atoms with van der Waals surface area (Å²) in [5, 5.41) is 2.21. The molecule has 0 atom stereocenters. The molecule has 31 heavy (non-hydrogen) atoms. The fourth-order valence-corrected chi connectivity index (χ4v) is 6.27. The molecule has 0 bridgehead atoms. The lowest BCUT2D eigenvalue weighted by Gasteiger charge is -2.53. The normalized spacial score (nSPS) is 30.5. The van der Waals surface area contributed by atoms with Gasteiger partial charge >= 0.3 is 6.09 Å². The van der Waals surface area contributed by atoms with Crippen LogP contribution in [0.25, 0.3) is 0 Å². The first-order valence-electron chi connectivity index (χ1n) is 11.8. The predicted octanol–water partition coefficient (Wildman–Crippen LogP) is 2.77. The first kappa shape index (κ1) is 20.8. The number of hydrazine groups is 1. The molecule has 0 radical (unpaired) electrons. The van der Waals surface area contributed by atoms with Crippen molar-refractivity contribution in [2.24, 2.45) is 5.41 Å². The standard InChI is InChI=1S/C24H34N4O3/c1-2-31-22(30)27-11-8-23(18-27)14-20(15-23)26-12-9-24(10-13-26)16-21(29)25-28(24)17-19-6-4-3-5-7-19/h3-7,20H,2,8-18H2,1H3,(H,25,29). The fourth-order valence-electron chi connectivity index (χ4n) is 6.27. The van der Waals surface area contributed by atoms with Crippen LogP contribution in [0.3, 0.4) is 0 Å². The minimum Gasteiger partial charge on any atom is -0.450 e. The Balaban J connectivity index is 1.15. The Kier molecular flexibility index (Phi) is 5.42. The van der Waals surface area contributed by atoms with Gasteiger partial charge in [-0.15, -0.1) is 0 Å². The average molecular weight is 427 g/mol. The van der Waals surface area contributed by atoms with Crippen LogP contribution in [0.2, 0.25) is 0 Å². The van der Waals surface area contributed by atoms with Crippen molar-refractivity contribution in [1.29, 1.82) is 0 Å². The summed E-state index contributed by atoms with van der Waals surface area (Å²) in [6.45, 7) is 6.84. The van der Waals surface area contributed by atoms with E-state index in [9.17, 15) is 9.59 Å². The molecule has 0 unspecified atom stereocenters. The van der Waals surface area contributed by atoms with Crippen molar-refractivity contribution in [3.63, 3.8) is 0 Å². The molecule has 0 aromatic heterocycles. The zero-order valence-electron chi connectivity index (χ0n) is 18.5. The van der Waals surface area contributed by atoms with E-state index in [0.717, 1.165) is 52.0 Å². The quantitative estimate of drug-likeness (QED) is 0.802. The van der Waals surface area contributed by atoms with Crippen LogP contribution in [0.15, 0.2) is 30.3 Å². The molecule has 1 aromatic carbocycles. The third-order valence-corrected chi connectivity index (χ3v) is 8.05. The first-order chi connectivity index (χ1) is 15.0. The molecule has 5 rings (SSSR count). The first-order valence-corrected chi connectivity index (χ1v) is 11.8. The minimum atomic E-state index is -0.153. The molecule has 7 nitrogen and oxygen atoms in total. The van der Waals surface area contributed by atoms with Crippen LogP contribution in [0.4, 0.5) is 4.79 Å². The molecule has 2 amide bonds. The van der Waals surface area contributed by atoms with Crippen molar-refractivity contribution in [2.75, 3.05) is 32.8 Å². The highest BCUT2D eigenvalue weighted by atomic mass is 16.6. The van der Waals surface area contributed by atoms with E-state index in [-0.39, 0.29) is 17.5 Å². The van der Waals surface area contributed by atoms with Crippen LogP contribution in [0, 0.1) is 5.41 Å². The van der Waals surface area contributed by atoms with Gasteiger partial charge in [0.2, 0.25) is 5.91 Å². The molecule has 1 aromatic rings. The highest BCUT2D eigenvalue weighted by Crippen LogP contribution is 2.51. The van der Waals surface area contributed by atoms with Crippen LogP contribution < -0.4 is 5.43 Å². The highest BCUT2D eigenvalue weighted by molar-refractivity contribution is 5.79. The Morgan fingerprint density at radius 2 is 1.87 bits per heavy atom. The van der Waals surface area contributed by atoms with Crippen molar-refractivity contribution < 1.29 is 14.3 Å². The van der Waals surface area contributed by atoms with Gasteiger partial charge in [-0.05, 0) is 50.0 Å². The van der Waals surface area contributed by atoms with Crippen molar-refractivity contribution in [3.8, 4) is 0 Å². The molecular formula is C24H34N4O3. The SMILES string of the molecule is CCOC(=O)N1CCC2(CC(N3CCC4(CC3)CC(=O)NN4Cc3ccccc3)C2)C1. The van der Waals surface area contributed by atoms with E-state index in [1.807, 2.05) is 17.9 Å². The van der Waals surface area contributed by atoms with Gasteiger partial charge in [-0.25, -0.2) is 9.80 Å². The summed E-state index contributed by atoms with van der Waals surface area (Å²) in [6, 6.07) is 11.0. The molecule has 4 aliphatic rings. The predicted molar refractivity (Wildman–Crippen MR) is 117 cm³/mol. The zero-order chi connectivity index (χ0) is 21.5. The van der Waals surface area contributed by atoms with Crippen LogP contribution in [0.1, 0.15) is 51.0 Å². The maximum atomic E-state index is 12.3. The maximum absolute atomic E-state index is 12.3. The third kappa shape index (κ3) is 3.94. The van der Waals surface area contributed by atoms with Crippen molar-refractivity contribution in [1.82, 2.24) is 20.2 Å². The van der Waals surface area contributed by atoms with E-state index >= 15 is 0 Å². The third-order valence-electron chi connectivity index (χ3n) is 8.05. The van der Waals surface area contributed by atoms with E-state index in [4.69, 9.17) is 4.74 Å². The number of likely N-dealkylation sites (tertiary alicyclic amines) is 2. The van der Waals surface area contributed by atoms with Crippen molar-refractivity contribution >= 4 is 12.0 Å². The van der Waals surface area contributed by atoms with Crippen molar-refractivity contribution in [2.45, 2.75) is 63.6 Å². The second-order valence-electron chi connectivity index (χ2n) is 9.98. The number of rotatable bonds is 4. The minimum absolute atomic E-state index is 0.0566. The lowest BCUT2D eigenvalue weighted by Crippen LogP contribution is -2.59. The number of nitrogens with one attached hydrogen (secondary N) is 1. The molecule has 4 fully saturated rings. The van der Waals surface area contributed by atoms with Crippen LogP contribution in [0.5, 0.6) is 0 Å². The van der Waals surface area contributed by atoms with Gasteiger partial charge in [0.15, 0.2) is 0 Å². The van der Waals surface area contributed by atoms with Gasteiger partial charge in [0.05, 0.1) is 12.1 Å². The lowest BCUT2D eigenvalue weighted by molar-refractivity contribution is -0.121. The number of ether oxygens (including phenoxy) is 1. The summed E-state index contributed by atoms with van der Waals surface area (Å²) in [4.78, 5) is 28.9. The van der Waals surface area contributed by atoms with Crippen LogP contribution >= 0.6 is 0 Å². The molecular weight excluding hydrogens is 392 g/mol. The Labute approximate surface area is 184 Å². The molecule has 1 saturated carbocycles. The summed E-state index contributed by atoms with van der Waals surface area (Å²) in [6.07, 6.45) is 5.97. The highest BCUT2D eigenvalue weighted by Gasteiger charge is 2.53. The van der Waals surface area contributed by atoms with Gasteiger partial charge in [-0.1, -0.05) is 30.3 Å². The van der Waals surface area contributed by atoms with Gasteiger partial charge in [0.1, 0.15) is 0 Å². The Morgan fingerprint density at radius 3 is 2.58 bits per heavy atom. The Bertz CT molecular complexity index is 815. The Morgan fingerprint density at radius 1 is 1.13 bits per heavy atom. The molecule has 3 heterocycles. The molecule has 1 aliphatic carbocycles. The summed E-state index contributed by atoms with van der Waals surface area (Å²) in [7, 11) is 0. The van der Waals surface area contributed by atoms with Gasteiger partial charge in [-0.2, -0.15) is 0 Å². The second-order valence-corrected chi connectivity index (χ2v) is 9.98. The molecule has 1 N–H and O–H groups in total. The summed E-state index contributed by atoms with van der Waals surface area (Å²) >= 11 is 0. The number of carbonyl (C=O) groups excluding carboxylic acids is 2. The van der Waals surface area contributed by atoms with Gasteiger partial charge in [-0.3, -0.25) is 10.2 Å². The largest absolute Gasteiger partial charge is 0.450 e. The molecule has 2 spiro atoms. The number of piperidine rings is 1. The lowest BCUT2D eigenvalue weighted by atomic mass is 9.64. The zero-order valence-corrected chi connectivity index (χ0v) is 18.5. The smallest absolute Gasteiger partial charge is 0.409 e. The molecule has 168 valence electrons. The van der Waals surface area contributed by atoms with E-state index in [1.165, 1.54) is 18.4 Å². The van der Waals surface area contributed by atoms with Gasteiger partial charge < -0.3 is 14.5 Å². The molecule has 3 saturated heterocycles. The van der Waals surface area contributed by atoms with E-state index in [0.29, 0.717) is 24.5 Å². The number of hydrogen-bond acceptors (Lipinski definition) is 5. The topological polar surface area (TPSA) is 65.1 Å². The molecule has 3 aliphatic heterocycles. The van der Waals surface area contributed by atoms with Crippen LogP contribution in [-0.4, -0.2) is 71.2 Å². The van der Waals surface area contributed by atoms with Crippen molar-refractivity contribution in [3.05, 3.63) is 35.9 Å². The Hall–Kier alpha value is -2.12. The maximum Gasteiger partial charge on any atom is 0.409 e. The monoisotopic (exact) mass is 426 g/mol. The van der Waals surface area contributed by atoms with Gasteiger partial charge in [0, 0.05) is 45.2 Å². The van der Waals surface area contributed by atoms with Gasteiger partial charge in [0.25, 0.3) is 0 Å². The number of benzene rings is 1. The summed E-state index contributed by atoms with van der Waals surface area (Å²) in [5.74, 6) is 0.150. The number of amides is 2. The number of carbonyl (C=O) groups is 2. The van der Waals surface area contributed by atoms with E-state index in [1.54, 1.807) is 0 Å². The average Bonchev–Trinajstić information content (AvgIpc) is 3.31. The molecule has 7 heteroatoms. The summed E-state index contributed by atoms with van der Waals surface area (Å²) < 4.78 is 5.18. The summed E-state index contributed by atoms with van der Waals surface area (Å²) in [5.41, 5.74) is 4.61. The number of hydrogen-bond donors (Lipinski definition) is 1. The second kappa shape index (κ2) is 8.10.